The summed E-state index contributed by atoms with van der Waals surface area (Å²) in [4.78, 5) is 35.2. The summed E-state index contributed by atoms with van der Waals surface area (Å²) in [5, 5.41) is 14.3. The second-order valence-electron chi connectivity index (χ2n) is 7.20. The van der Waals surface area contributed by atoms with Gasteiger partial charge in [0, 0.05) is 16.6 Å². The predicted molar refractivity (Wildman–Crippen MR) is 126 cm³/mol. The maximum atomic E-state index is 12.6. The van der Waals surface area contributed by atoms with Crippen molar-refractivity contribution in [3.05, 3.63) is 101 Å². The van der Waals surface area contributed by atoms with Gasteiger partial charge in [0.05, 0.1) is 11.0 Å². The largest absolute Gasteiger partial charge is 1.00 e. The van der Waals surface area contributed by atoms with Crippen molar-refractivity contribution >= 4 is 46.7 Å². The van der Waals surface area contributed by atoms with Crippen LogP contribution in [0.4, 0.5) is 5.69 Å². The molecule has 0 saturated carbocycles. The standard InChI is InChI=1S/C25H22ClNO4S.Na/c1-16(23(29)25(30)31)19-8-5-9-21(14-19)27-22(28)15-32-24(17-6-3-2-4-7-17)18-10-12-20(26)13-11-18;/h2-14,16,24H,15H2,1H3,(H,27,28)(H,30,31);/q;+1/p-1. The van der Waals surface area contributed by atoms with Gasteiger partial charge in [-0.15, -0.1) is 11.8 Å². The van der Waals surface area contributed by atoms with Gasteiger partial charge in [0.25, 0.3) is 0 Å². The van der Waals surface area contributed by atoms with Gasteiger partial charge in [-0.3, -0.25) is 9.59 Å². The number of ketones is 1. The number of carbonyl (C=O) groups is 3. The predicted octanol–water partition coefficient (Wildman–Crippen LogP) is 1.23. The summed E-state index contributed by atoms with van der Waals surface area (Å²) in [6, 6.07) is 24.0. The zero-order chi connectivity index (χ0) is 23.1. The van der Waals surface area contributed by atoms with Gasteiger partial charge in [-0.25, -0.2) is 0 Å². The average molecular weight is 490 g/mol. The first-order valence-electron chi connectivity index (χ1n) is 9.92. The Hall–Kier alpha value is -2.09. The molecule has 0 aliphatic rings. The van der Waals surface area contributed by atoms with E-state index in [-0.39, 0.29) is 46.5 Å². The minimum atomic E-state index is -1.72. The molecule has 0 spiro atoms. The van der Waals surface area contributed by atoms with Gasteiger partial charge in [0.2, 0.25) is 5.91 Å². The van der Waals surface area contributed by atoms with Gasteiger partial charge in [0.1, 0.15) is 5.97 Å². The van der Waals surface area contributed by atoms with Crippen LogP contribution in [0.3, 0.4) is 0 Å². The number of hydrogen-bond acceptors (Lipinski definition) is 5. The molecule has 2 unspecified atom stereocenters. The third-order valence-electron chi connectivity index (χ3n) is 4.92. The molecule has 1 amide bonds. The monoisotopic (exact) mass is 489 g/mol. The van der Waals surface area contributed by atoms with Crippen LogP contribution in [0.2, 0.25) is 5.02 Å². The van der Waals surface area contributed by atoms with E-state index in [0.717, 1.165) is 11.1 Å². The molecule has 0 aliphatic carbocycles. The van der Waals surface area contributed by atoms with Gasteiger partial charge < -0.3 is 15.2 Å². The van der Waals surface area contributed by atoms with E-state index in [4.69, 9.17) is 11.6 Å². The fraction of sp³-hybridized carbons (Fsp3) is 0.160. The van der Waals surface area contributed by atoms with Crippen LogP contribution >= 0.6 is 23.4 Å². The molecular weight excluding hydrogens is 469 g/mol. The van der Waals surface area contributed by atoms with Crippen LogP contribution in [0.15, 0.2) is 78.9 Å². The summed E-state index contributed by atoms with van der Waals surface area (Å²) >= 11 is 7.51. The van der Waals surface area contributed by atoms with Crippen LogP contribution in [-0.2, 0) is 14.4 Å². The van der Waals surface area contributed by atoms with Crippen molar-refractivity contribution in [2.45, 2.75) is 18.1 Å². The number of aliphatic carboxylic acids is 1. The van der Waals surface area contributed by atoms with Crippen molar-refractivity contribution in [3.8, 4) is 0 Å². The molecule has 0 saturated heterocycles. The Morgan fingerprint density at radius 2 is 1.52 bits per heavy atom. The number of anilines is 1. The molecule has 5 nitrogen and oxygen atoms in total. The molecule has 1 N–H and O–H groups in total. The number of hydrogen-bond donors (Lipinski definition) is 1. The van der Waals surface area contributed by atoms with Crippen molar-refractivity contribution in [1.29, 1.82) is 0 Å². The number of carboxylic acids is 1. The molecular formula is C25H21ClNNaO4S. The van der Waals surface area contributed by atoms with E-state index in [9.17, 15) is 19.5 Å². The number of amides is 1. The number of halogens is 1. The Labute approximate surface area is 224 Å². The van der Waals surface area contributed by atoms with Crippen LogP contribution in [-0.4, -0.2) is 23.4 Å². The molecule has 0 bridgehead atoms. The van der Waals surface area contributed by atoms with Gasteiger partial charge in [-0.05, 0) is 41.0 Å². The Morgan fingerprint density at radius 3 is 2.15 bits per heavy atom. The quantitative estimate of drug-likeness (QED) is 0.361. The summed E-state index contributed by atoms with van der Waals surface area (Å²) in [6.07, 6.45) is 0. The first-order valence-corrected chi connectivity index (χ1v) is 11.3. The van der Waals surface area contributed by atoms with Crippen molar-refractivity contribution < 1.29 is 49.0 Å². The normalized spacial score (nSPS) is 12.2. The number of benzene rings is 3. The minimum Gasteiger partial charge on any atom is -0.542 e. The van der Waals surface area contributed by atoms with E-state index in [1.54, 1.807) is 24.3 Å². The van der Waals surface area contributed by atoms with Crippen molar-refractivity contribution in [2.24, 2.45) is 0 Å². The van der Waals surface area contributed by atoms with E-state index in [2.05, 4.69) is 5.32 Å². The van der Waals surface area contributed by atoms with Crippen LogP contribution in [0.1, 0.15) is 34.8 Å². The van der Waals surface area contributed by atoms with Crippen molar-refractivity contribution in [1.82, 2.24) is 0 Å². The maximum Gasteiger partial charge on any atom is 1.00 e. The van der Waals surface area contributed by atoms with Gasteiger partial charge in [-0.1, -0.05) is 73.1 Å². The third-order valence-corrected chi connectivity index (χ3v) is 6.48. The molecule has 164 valence electrons. The first-order chi connectivity index (χ1) is 15.3. The van der Waals surface area contributed by atoms with Gasteiger partial charge >= 0.3 is 29.6 Å². The average Bonchev–Trinajstić information content (AvgIpc) is 2.80. The second kappa shape index (κ2) is 13.0. The molecule has 2 atom stereocenters. The molecule has 8 heteroatoms. The van der Waals surface area contributed by atoms with E-state index >= 15 is 0 Å². The van der Waals surface area contributed by atoms with E-state index in [0.29, 0.717) is 16.3 Å². The molecule has 0 fully saturated rings. The summed E-state index contributed by atoms with van der Waals surface area (Å²) in [5.41, 5.74) is 3.10. The van der Waals surface area contributed by atoms with Crippen LogP contribution in [0, 0.1) is 0 Å². The van der Waals surface area contributed by atoms with Gasteiger partial charge in [0.15, 0.2) is 5.78 Å². The SMILES string of the molecule is CC(C(=O)C(=O)[O-])c1cccc(NC(=O)CSC(c2ccccc2)c2ccc(Cl)cc2)c1.[Na+]. The number of rotatable bonds is 9. The number of carbonyl (C=O) groups excluding carboxylic acids is 3. The maximum absolute atomic E-state index is 12.6. The molecule has 0 radical (unpaired) electrons. The molecule has 0 heterocycles. The topological polar surface area (TPSA) is 86.3 Å². The molecule has 3 aromatic carbocycles. The molecule has 0 aromatic heterocycles. The number of Topliss-reactive ketones (excluding diaryl/α,β-unsaturated/α-hetero) is 1. The molecule has 33 heavy (non-hydrogen) atoms. The first kappa shape index (κ1) is 27.2. The Kier molecular flexibility index (Phi) is 10.7. The zero-order valence-electron chi connectivity index (χ0n) is 18.3. The fourth-order valence-electron chi connectivity index (χ4n) is 3.22. The molecule has 3 rings (SSSR count). The molecule has 0 aliphatic heterocycles. The number of thioether (sulfide) groups is 1. The Bertz CT molecular complexity index is 1110. The minimum absolute atomic E-state index is 0. The number of carboxylic acid groups (broad SMARTS) is 1. The van der Waals surface area contributed by atoms with Crippen molar-refractivity contribution in [2.75, 3.05) is 11.1 Å². The summed E-state index contributed by atoms with van der Waals surface area (Å²) in [7, 11) is 0. The summed E-state index contributed by atoms with van der Waals surface area (Å²) in [5.74, 6) is -3.60. The smallest absolute Gasteiger partial charge is 0.542 e. The van der Waals surface area contributed by atoms with Crippen molar-refractivity contribution in [3.63, 3.8) is 0 Å². The van der Waals surface area contributed by atoms with E-state index in [1.165, 1.54) is 18.7 Å². The Morgan fingerprint density at radius 1 is 0.909 bits per heavy atom. The fourth-order valence-corrected chi connectivity index (χ4v) is 4.44. The van der Waals surface area contributed by atoms with Crippen LogP contribution < -0.4 is 40.0 Å². The summed E-state index contributed by atoms with van der Waals surface area (Å²) < 4.78 is 0. The number of nitrogens with one attached hydrogen (secondary N) is 1. The third kappa shape index (κ3) is 7.73. The zero-order valence-corrected chi connectivity index (χ0v) is 21.9. The van der Waals surface area contributed by atoms with Crippen LogP contribution in [0.25, 0.3) is 0 Å². The van der Waals surface area contributed by atoms with E-state index < -0.39 is 17.7 Å². The second-order valence-corrected chi connectivity index (χ2v) is 8.73. The van der Waals surface area contributed by atoms with E-state index in [1.807, 2.05) is 54.6 Å². The van der Waals surface area contributed by atoms with Crippen LogP contribution in [0.5, 0.6) is 0 Å². The molecule has 3 aromatic rings. The van der Waals surface area contributed by atoms with Gasteiger partial charge in [-0.2, -0.15) is 0 Å². The Balaban J connectivity index is 0.00000385. The summed E-state index contributed by atoms with van der Waals surface area (Å²) in [6.45, 7) is 1.49.